The number of benzene rings is 2. The molecule has 0 aliphatic carbocycles. The predicted molar refractivity (Wildman–Crippen MR) is 78.8 cm³/mol. The molecule has 0 aliphatic heterocycles. The molecule has 0 spiro atoms. The summed E-state index contributed by atoms with van der Waals surface area (Å²) < 4.78 is 5.08. The van der Waals surface area contributed by atoms with Crippen LogP contribution in [0.15, 0.2) is 60.7 Å². The van der Waals surface area contributed by atoms with E-state index in [4.69, 9.17) is 9.84 Å². The molecule has 0 aliphatic rings. The third-order valence-electron chi connectivity index (χ3n) is 2.75. The molecule has 0 atom stereocenters. The summed E-state index contributed by atoms with van der Waals surface area (Å²) in [7, 11) is 0. The van der Waals surface area contributed by atoms with E-state index in [1.807, 2.05) is 30.3 Å². The SMILES string of the molecule is O=C(O)COc1ccc(C/C=C/c2ccccc2)cc1. The van der Waals surface area contributed by atoms with E-state index in [2.05, 4.69) is 24.3 Å². The average Bonchev–Trinajstić information content (AvgIpc) is 2.47. The summed E-state index contributed by atoms with van der Waals surface area (Å²) in [5, 5.41) is 8.52. The van der Waals surface area contributed by atoms with Gasteiger partial charge in [-0.2, -0.15) is 0 Å². The van der Waals surface area contributed by atoms with Crippen LogP contribution in [-0.4, -0.2) is 17.7 Å². The molecule has 0 fully saturated rings. The Morgan fingerprint density at radius 1 is 1.05 bits per heavy atom. The number of rotatable bonds is 6. The van der Waals surface area contributed by atoms with E-state index < -0.39 is 5.97 Å². The van der Waals surface area contributed by atoms with Gasteiger partial charge < -0.3 is 9.84 Å². The van der Waals surface area contributed by atoms with Crippen molar-refractivity contribution in [2.24, 2.45) is 0 Å². The van der Waals surface area contributed by atoms with Gasteiger partial charge in [-0.05, 0) is 29.7 Å². The molecule has 0 bridgehead atoms. The Hall–Kier alpha value is -2.55. The average molecular weight is 268 g/mol. The van der Waals surface area contributed by atoms with Gasteiger partial charge in [0.25, 0.3) is 0 Å². The summed E-state index contributed by atoms with van der Waals surface area (Å²) in [5.74, 6) is -0.400. The lowest BCUT2D eigenvalue weighted by atomic mass is 10.1. The lowest BCUT2D eigenvalue weighted by Gasteiger charge is -2.03. The summed E-state index contributed by atoms with van der Waals surface area (Å²) in [4.78, 5) is 10.4. The van der Waals surface area contributed by atoms with Gasteiger partial charge in [-0.1, -0.05) is 54.6 Å². The summed E-state index contributed by atoms with van der Waals surface area (Å²) in [6.07, 6.45) is 5.01. The highest BCUT2D eigenvalue weighted by molar-refractivity contribution is 5.68. The van der Waals surface area contributed by atoms with Gasteiger partial charge >= 0.3 is 5.97 Å². The van der Waals surface area contributed by atoms with Crippen LogP contribution in [0.1, 0.15) is 11.1 Å². The first-order valence-electron chi connectivity index (χ1n) is 6.39. The second-order valence-electron chi connectivity index (χ2n) is 4.34. The molecule has 102 valence electrons. The van der Waals surface area contributed by atoms with E-state index in [0.717, 1.165) is 12.0 Å². The number of hydrogen-bond acceptors (Lipinski definition) is 2. The molecular weight excluding hydrogens is 252 g/mol. The van der Waals surface area contributed by atoms with Gasteiger partial charge in [0.2, 0.25) is 0 Å². The largest absolute Gasteiger partial charge is 0.482 e. The fraction of sp³-hybridized carbons (Fsp3) is 0.118. The molecule has 0 saturated heterocycles. The fourth-order valence-electron chi connectivity index (χ4n) is 1.76. The molecule has 3 heteroatoms. The highest BCUT2D eigenvalue weighted by Crippen LogP contribution is 2.13. The smallest absolute Gasteiger partial charge is 0.341 e. The van der Waals surface area contributed by atoms with Crippen molar-refractivity contribution in [2.75, 3.05) is 6.61 Å². The topological polar surface area (TPSA) is 46.5 Å². The maximum Gasteiger partial charge on any atom is 0.341 e. The van der Waals surface area contributed by atoms with Crippen molar-refractivity contribution < 1.29 is 14.6 Å². The Morgan fingerprint density at radius 2 is 1.75 bits per heavy atom. The molecule has 0 aromatic heterocycles. The molecule has 0 radical (unpaired) electrons. The number of aliphatic carboxylic acids is 1. The van der Waals surface area contributed by atoms with Crippen molar-refractivity contribution in [1.82, 2.24) is 0 Å². The van der Waals surface area contributed by atoms with Gasteiger partial charge in [0.15, 0.2) is 6.61 Å². The second kappa shape index (κ2) is 7.14. The van der Waals surface area contributed by atoms with E-state index in [1.54, 1.807) is 12.1 Å². The van der Waals surface area contributed by atoms with Crippen LogP contribution in [-0.2, 0) is 11.2 Å². The van der Waals surface area contributed by atoms with Crippen LogP contribution >= 0.6 is 0 Å². The van der Waals surface area contributed by atoms with E-state index in [9.17, 15) is 4.79 Å². The van der Waals surface area contributed by atoms with Gasteiger partial charge in [0.05, 0.1) is 0 Å². The maximum atomic E-state index is 10.4. The molecule has 2 aromatic rings. The number of carbonyl (C=O) groups is 1. The standard InChI is InChI=1S/C17H16O3/c18-17(19)13-20-16-11-9-15(10-12-16)8-4-7-14-5-2-1-3-6-14/h1-7,9-12H,8,13H2,(H,18,19)/b7-4+. The molecular formula is C17H16O3. The summed E-state index contributed by atoms with van der Waals surface area (Å²) in [6.45, 7) is -0.312. The van der Waals surface area contributed by atoms with Crippen LogP contribution < -0.4 is 4.74 Å². The van der Waals surface area contributed by atoms with Crippen LogP contribution in [0.5, 0.6) is 5.75 Å². The summed E-state index contributed by atoms with van der Waals surface area (Å²) in [5.41, 5.74) is 2.33. The summed E-state index contributed by atoms with van der Waals surface area (Å²) >= 11 is 0. The van der Waals surface area contributed by atoms with Gasteiger partial charge in [-0.15, -0.1) is 0 Å². The first kappa shape index (κ1) is 13.9. The minimum absolute atomic E-state index is 0.312. The van der Waals surface area contributed by atoms with Gasteiger partial charge in [-0.25, -0.2) is 4.79 Å². The Balaban J connectivity index is 1.87. The Bertz CT molecular complexity index is 571. The molecule has 1 N–H and O–H groups in total. The fourth-order valence-corrected chi connectivity index (χ4v) is 1.76. The van der Waals surface area contributed by atoms with Crippen LogP contribution in [0.4, 0.5) is 0 Å². The van der Waals surface area contributed by atoms with E-state index in [0.29, 0.717) is 5.75 Å². The first-order valence-corrected chi connectivity index (χ1v) is 6.39. The van der Waals surface area contributed by atoms with Crippen molar-refractivity contribution in [1.29, 1.82) is 0 Å². The Morgan fingerprint density at radius 3 is 2.40 bits per heavy atom. The zero-order valence-corrected chi connectivity index (χ0v) is 11.0. The van der Waals surface area contributed by atoms with Gasteiger partial charge in [0, 0.05) is 0 Å². The number of carboxylic acid groups (broad SMARTS) is 1. The summed E-state index contributed by atoms with van der Waals surface area (Å²) in [6, 6.07) is 17.6. The monoisotopic (exact) mass is 268 g/mol. The normalized spacial score (nSPS) is 10.6. The maximum absolute atomic E-state index is 10.4. The van der Waals surface area contributed by atoms with E-state index >= 15 is 0 Å². The minimum Gasteiger partial charge on any atom is -0.482 e. The van der Waals surface area contributed by atoms with Gasteiger partial charge in [-0.3, -0.25) is 0 Å². The van der Waals surface area contributed by atoms with Crippen LogP contribution in [0.3, 0.4) is 0 Å². The third kappa shape index (κ3) is 4.61. The molecule has 0 saturated carbocycles. The van der Waals surface area contributed by atoms with Crippen molar-refractivity contribution in [3.05, 3.63) is 71.8 Å². The molecule has 2 rings (SSSR count). The zero-order valence-electron chi connectivity index (χ0n) is 11.0. The van der Waals surface area contributed by atoms with E-state index in [-0.39, 0.29) is 6.61 Å². The minimum atomic E-state index is -0.972. The Kier molecular flexibility index (Phi) is 4.95. The van der Waals surface area contributed by atoms with Crippen LogP contribution in [0.2, 0.25) is 0 Å². The number of carboxylic acids is 1. The molecule has 3 nitrogen and oxygen atoms in total. The molecule has 2 aromatic carbocycles. The quantitative estimate of drug-likeness (QED) is 0.873. The number of allylic oxidation sites excluding steroid dienone is 1. The Labute approximate surface area is 118 Å². The van der Waals surface area contributed by atoms with Crippen molar-refractivity contribution >= 4 is 12.0 Å². The third-order valence-corrected chi connectivity index (χ3v) is 2.75. The molecule has 0 heterocycles. The molecule has 0 amide bonds. The molecule has 0 unspecified atom stereocenters. The van der Waals surface area contributed by atoms with Crippen LogP contribution in [0.25, 0.3) is 6.08 Å². The zero-order chi connectivity index (χ0) is 14.2. The number of ether oxygens (including phenoxy) is 1. The lowest BCUT2D eigenvalue weighted by Crippen LogP contribution is -2.09. The number of hydrogen-bond donors (Lipinski definition) is 1. The molecule has 20 heavy (non-hydrogen) atoms. The van der Waals surface area contributed by atoms with Crippen molar-refractivity contribution in [3.63, 3.8) is 0 Å². The van der Waals surface area contributed by atoms with Gasteiger partial charge in [0.1, 0.15) is 5.75 Å². The van der Waals surface area contributed by atoms with Crippen LogP contribution in [0, 0.1) is 0 Å². The lowest BCUT2D eigenvalue weighted by molar-refractivity contribution is -0.139. The van der Waals surface area contributed by atoms with E-state index in [1.165, 1.54) is 5.56 Å². The first-order chi connectivity index (χ1) is 9.74. The highest BCUT2D eigenvalue weighted by Gasteiger charge is 1.98. The highest BCUT2D eigenvalue weighted by atomic mass is 16.5. The second-order valence-corrected chi connectivity index (χ2v) is 4.34. The predicted octanol–water partition coefficient (Wildman–Crippen LogP) is 3.41. The van der Waals surface area contributed by atoms with Crippen molar-refractivity contribution in [2.45, 2.75) is 6.42 Å². The van der Waals surface area contributed by atoms with Crippen molar-refractivity contribution in [3.8, 4) is 5.75 Å².